The van der Waals surface area contributed by atoms with Crippen LogP contribution < -0.4 is 0 Å². The van der Waals surface area contributed by atoms with Gasteiger partial charge in [0.2, 0.25) is 0 Å². The number of nitrogens with zero attached hydrogens (tertiary/aromatic N) is 2. The summed E-state index contributed by atoms with van der Waals surface area (Å²) in [5.41, 5.74) is 1.95. The van der Waals surface area contributed by atoms with Crippen LogP contribution >= 0.6 is 15.9 Å². The standard InChI is InChI=1S/C12H11BrN2O2/c1-15-10-4-6(13)2-3-9(10)14-11(15)7-5-8(7)12(16)17/h2-4,7-8H,5H2,1H3,(H,16,17). The molecule has 2 unspecified atom stereocenters. The molecule has 1 fully saturated rings. The van der Waals surface area contributed by atoms with E-state index in [-0.39, 0.29) is 11.8 Å². The maximum atomic E-state index is 10.9. The molecule has 0 amide bonds. The Balaban J connectivity index is 2.07. The Hall–Kier alpha value is -1.36. The molecule has 0 spiro atoms. The summed E-state index contributed by atoms with van der Waals surface area (Å²) in [5.74, 6) is -0.0219. The van der Waals surface area contributed by atoms with E-state index in [9.17, 15) is 4.79 Å². The number of carboxylic acid groups (broad SMARTS) is 1. The van der Waals surface area contributed by atoms with Crippen molar-refractivity contribution >= 4 is 32.9 Å². The molecule has 17 heavy (non-hydrogen) atoms. The van der Waals surface area contributed by atoms with Gasteiger partial charge in [-0.2, -0.15) is 0 Å². The molecule has 88 valence electrons. The lowest BCUT2D eigenvalue weighted by Gasteiger charge is -2.00. The van der Waals surface area contributed by atoms with Crippen molar-refractivity contribution in [3.05, 3.63) is 28.5 Å². The Morgan fingerprint density at radius 2 is 2.35 bits per heavy atom. The largest absolute Gasteiger partial charge is 0.481 e. The molecule has 1 heterocycles. The lowest BCUT2D eigenvalue weighted by molar-refractivity contribution is -0.138. The molecule has 0 saturated heterocycles. The number of hydrogen-bond donors (Lipinski definition) is 1. The Labute approximate surface area is 106 Å². The van der Waals surface area contributed by atoms with Crippen LogP contribution in [0.25, 0.3) is 11.0 Å². The summed E-state index contributed by atoms with van der Waals surface area (Å²) in [5, 5.41) is 8.95. The zero-order chi connectivity index (χ0) is 12.2. The Kier molecular flexibility index (Phi) is 2.26. The molecular weight excluding hydrogens is 284 g/mol. The summed E-state index contributed by atoms with van der Waals surface area (Å²) in [7, 11) is 1.94. The van der Waals surface area contributed by atoms with Gasteiger partial charge in [-0.25, -0.2) is 4.98 Å². The van der Waals surface area contributed by atoms with Crippen LogP contribution in [0, 0.1) is 5.92 Å². The van der Waals surface area contributed by atoms with E-state index in [1.165, 1.54) is 0 Å². The van der Waals surface area contributed by atoms with E-state index < -0.39 is 5.97 Å². The molecule has 1 aliphatic carbocycles. The van der Waals surface area contributed by atoms with Crippen molar-refractivity contribution in [3.63, 3.8) is 0 Å². The van der Waals surface area contributed by atoms with Crippen LogP contribution in [0.1, 0.15) is 18.2 Å². The average Bonchev–Trinajstić information content (AvgIpc) is 3.01. The second-order valence-electron chi connectivity index (χ2n) is 4.45. The lowest BCUT2D eigenvalue weighted by atomic mass is 10.3. The molecule has 2 atom stereocenters. The van der Waals surface area contributed by atoms with E-state index in [2.05, 4.69) is 20.9 Å². The molecule has 4 nitrogen and oxygen atoms in total. The summed E-state index contributed by atoms with van der Waals surface area (Å²) in [6, 6.07) is 5.89. The number of hydrogen-bond acceptors (Lipinski definition) is 2. The van der Waals surface area contributed by atoms with Gasteiger partial charge in [-0.3, -0.25) is 4.79 Å². The van der Waals surface area contributed by atoms with Gasteiger partial charge in [0, 0.05) is 17.4 Å². The van der Waals surface area contributed by atoms with Gasteiger partial charge in [-0.1, -0.05) is 15.9 Å². The fourth-order valence-electron chi connectivity index (χ4n) is 2.27. The maximum Gasteiger partial charge on any atom is 0.307 e. The van der Waals surface area contributed by atoms with Gasteiger partial charge in [0.1, 0.15) is 5.82 Å². The van der Waals surface area contributed by atoms with Gasteiger partial charge in [-0.05, 0) is 24.6 Å². The molecule has 1 aromatic carbocycles. The van der Waals surface area contributed by atoms with E-state index in [0.717, 1.165) is 21.3 Å². The molecule has 3 rings (SSSR count). The molecule has 1 aliphatic rings. The number of carbonyl (C=O) groups is 1. The summed E-state index contributed by atoms with van der Waals surface area (Å²) in [4.78, 5) is 15.4. The number of aryl methyl sites for hydroxylation is 1. The van der Waals surface area contributed by atoms with Crippen LogP contribution in [-0.2, 0) is 11.8 Å². The first-order valence-corrected chi connectivity index (χ1v) is 6.22. The highest BCUT2D eigenvalue weighted by atomic mass is 79.9. The van der Waals surface area contributed by atoms with Crippen molar-refractivity contribution in [1.82, 2.24) is 9.55 Å². The zero-order valence-electron chi connectivity index (χ0n) is 9.22. The Morgan fingerprint density at radius 3 is 3.00 bits per heavy atom. The number of carboxylic acids is 1. The van der Waals surface area contributed by atoms with Gasteiger partial charge in [-0.15, -0.1) is 0 Å². The summed E-state index contributed by atoms with van der Waals surface area (Å²) < 4.78 is 3.00. The van der Waals surface area contributed by atoms with Crippen LogP contribution in [0.5, 0.6) is 0 Å². The van der Waals surface area contributed by atoms with Crippen LogP contribution in [0.3, 0.4) is 0 Å². The number of aliphatic carboxylic acids is 1. The SMILES string of the molecule is Cn1c(C2CC2C(=O)O)nc2ccc(Br)cc21. The smallest absolute Gasteiger partial charge is 0.307 e. The summed E-state index contributed by atoms with van der Waals surface area (Å²) in [6.07, 6.45) is 0.702. The van der Waals surface area contributed by atoms with Crippen LogP contribution in [-0.4, -0.2) is 20.6 Å². The Morgan fingerprint density at radius 1 is 1.59 bits per heavy atom. The molecule has 1 saturated carbocycles. The zero-order valence-corrected chi connectivity index (χ0v) is 10.8. The fraction of sp³-hybridized carbons (Fsp3) is 0.333. The summed E-state index contributed by atoms with van der Waals surface area (Å²) in [6.45, 7) is 0. The highest BCUT2D eigenvalue weighted by Gasteiger charge is 2.46. The number of rotatable bonds is 2. The molecule has 0 aliphatic heterocycles. The van der Waals surface area contributed by atoms with Crippen LogP contribution in [0.2, 0.25) is 0 Å². The van der Waals surface area contributed by atoms with Crippen molar-refractivity contribution in [3.8, 4) is 0 Å². The molecular formula is C12H11BrN2O2. The highest BCUT2D eigenvalue weighted by Crippen LogP contribution is 2.47. The lowest BCUT2D eigenvalue weighted by Crippen LogP contribution is -2.02. The first kappa shape index (κ1) is 10.8. The third-order valence-corrected chi connectivity index (χ3v) is 3.81. The molecule has 1 N–H and O–H groups in total. The normalized spacial score (nSPS) is 22.9. The molecule has 0 radical (unpaired) electrons. The van der Waals surface area contributed by atoms with Gasteiger partial charge in [0.25, 0.3) is 0 Å². The number of benzene rings is 1. The number of imidazole rings is 1. The second-order valence-corrected chi connectivity index (χ2v) is 5.36. The van der Waals surface area contributed by atoms with Crippen molar-refractivity contribution in [2.45, 2.75) is 12.3 Å². The van der Waals surface area contributed by atoms with Crippen molar-refractivity contribution in [2.24, 2.45) is 13.0 Å². The minimum atomic E-state index is -0.719. The van der Waals surface area contributed by atoms with Crippen molar-refractivity contribution in [2.75, 3.05) is 0 Å². The first-order valence-electron chi connectivity index (χ1n) is 5.42. The van der Waals surface area contributed by atoms with E-state index >= 15 is 0 Å². The third kappa shape index (κ3) is 1.65. The molecule has 0 bridgehead atoms. The van der Waals surface area contributed by atoms with Gasteiger partial charge in [0.15, 0.2) is 0 Å². The van der Waals surface area contributed by atoms with E-state index in [4.69, 9.17) is 5.11 Å². The van der Waals surface area contributed by atoms with Crippen LogP contribution in [0.15, 0.2) is 22.7 Å². The van der Waals surface area contributed by atoms with Crippen molar-refractivity contribution < 1.29 is 9.90 Å². The van der Waals surface area contributed by atoms with E-state index in [1.54, 1.807) is 0 Å². The predicted molar refractivity (Wildman–Crippen MR) is 66.9 cm³/mol. The molecule has 2 aromatic rings. The van der Waals surface area contributed by atoms with Crippen molar-refractivity contribution in [1.29, 1.82) is 0 Å². The number of fused-ring (bicyclic) bond motifs is 1. The van der Waals surface area contributed by atoms with Gasteiger partial charge < -0.3 is 9.67 Å². The quantitative estimate of drug-likeness (QED) is 0.926. The minimum Gasteiger partial charge on any atom is -0.481 e. The second kappa shape index (κ2) is 3.57. The summed E-state index contributed by atoms with van der Waals surface area (Å²) >= 11 is 3.43. The number of halogens is 1. The van der Waals surface area contributed by atoms with Gasteiger partial charge >= 0.3 is 5.97 Å². The maximum absolute atomic E-state index is 10.9. The van der Waals surface area contributed by atoms with E-state index in [1.807, 2.05) is 29.8 Å². The number of aromatic nitrogens is 2. The van der Waals surface area contributed by atoms with E-state index in [0.29, 0.717) is 6.42 Å². The monoisotopic (exact) mass is 294 g/mol. The van der Waals surface area contributed by atoms with Gasteiger partial charge in [0.05, 0.1) is 17.0 Å². The first-order chi connectivity index (χ1) is 8.08. The topological polar surface area (TPSA) is 55.1 Å². The third-order valence-electron chi connectivity index (χ3n) is 3.32. The minimum absolute atomic E-state index is 0.0728. The Bertz CT molecular complexity index is 620. The van der Waals surface area contributed by atoms with Crippen LogP contribution in [0.4, 0.5) is 0 Å². The average molecular weight is 295 g/mol. The highest BCUT2D eigenvalue weighted by molar-refractivity contribution is 9.10. The fourth-order valence-corrected chi connectivity index (χ4v) is 2.62. The predicted octanol–water partition coefficient (Wildman–Crippen LogP) is 2.52. The molecule has 5 heteroatoms. The molecule has 1 aromatic heterocycles.